The Bertz CT molecular complexity index is 942. The van der Waals surface area contributed by atoms with E-state index in [4.69, 9.17) is 0 Å². The Balaban J connectivity index is 1.86. The highest BCUT2D eigenvalue weighted by Crippen LogP contribution is 2.22. The van der Waals surface area contributed by atoms with Gasteiger partial charge in [-0.05, 0) is 45.9 Å². The Morgan fingerprint density at radius 2 is 1.91 bits per heavy atom. The van der Waals surface area contributed by atoms with Crippen LogP contribution >= 0.6 is 15.9 Å². The maximum Gasteiger partial charge on any atom is 0.265 e. The summed E-state index contributed by atoms with van der Waals surface area (Å²) in [4.78, 5) is 24.4. The Morgan fingerprint density at radius 1 is 1.17 bits per heavy atom. The van der Waals surface area contributed by atoms with Crippen LogP contribution in [0.5, 0.6) is 0 Å². The van der Waals surface area contributed by atoms with Gasteiger partial charge in [-0.25, -0.2) is 0 Å². The number of amides is 1. The van der Waals surface area contributed by atoms with E-state index < -0.39 is 0 Å². The summed E-state index contributed by atoms with van der Waals surface area (Å²) in [5.74, 6) is -0.235. The van der Waals surface area contributed by atoms with E-state index in [9.17, 15) is 9.59 Å². The lowest BCUT2D eigenvalue weighted by Gasteiger charge is -2.11. The molecule has 0 spiro atoms. The molecule has 0 aliphatic carbocycles. The number of aryl methyl sites for hydroxylation is 1. The van der Waals surface area contributed by atoms with Crippen molar-refractivity contribution in [3.8, 4) is 0 Å². The molecule has 23 heavy (non-hydrogen) atoms. The topological polar surface area (TPSA) is 51.1 Å². The Hall–Kier alpha value is -2.40. The van der Waals surface area contributed by atoms with Crippen molar-refractivity contribution in [2.75, 3.05) is 5.32 Å². The average Bonchev–Trinajstić information content (AvgIpc) is 2.52. The average molecular weight is 371 g/mol. The smallest absolute Gasteiger partial charge is 0.265 e. The van der Waals surface area contributed by atoms with Gasteiger partial charge in [-0.1, -0.05) is 36.4 Å². The third kappa shape index (κ3) is 3.35. The lowest BCUT2D eigenvalue weighted by molar-refractivity contribution is -0.116. The number of nitrogens with zero attached hydrogens (tertiary/aromatic N) is 1. The van der Waals surface area contributed by atoms with Crippen molar-refractivity contribution in [2.45, 2.75) is 13.5 Å². The van der Waals surface area contributed by atoms with E-state index in [2.05, 4.69) is 21.2 Å². The summed E-state index contributed by atoms with van der Waals surface area (Å²) in [5, 5.41) is 4.92. The lowest BCUT2D eigenvalue weighted by Crippen LogP contribution is -2.28. The molecular weight excluding hydrogens is 356 g/mol. The van der Waals surface area contributed by atoms with Gasteiger partial charge in [-0.15, -0.1) is 0 Å². The number of benzene rings is 2. The number of pyridine rings is 1. The number of aromatic nitrogens is 1. The Morgan fingerprint density at radius 3 is 2.74 bits per heavy atom. The molecule has 0 saturated heterocycles. The van der Waals surface area contributed by atoms with E-state index in [1.807, 2.05) is 49.4 Å². The van der Waals surface area contributed by atoms with Gasteiger partial charge in [0.05, 0.1) is 4.47 Å². The largest absolute Gasteiger partial charge is 0.324 e. The predicted molar refractivity (Wildman–Crippen MR) is 95.7 cm³/mol. The van der Waals surface area contributed by atoms with Gasteiger partial charge in [0.25, 0.3) is 5.56 Å². The molecule has 0 unspecified atom stereocenters. The zero-order valence-corrected chi connectivity index (χ0v) is 14.1. The van der Waals surface area contributed by atoms with E-state index in [0.717, 1.165) is 22.0 Å². The van der Waals surface area contributed by atoms with Crippen molar-refractivity contribution in [3.05, 3.63) is 75.1 Å². The second-order valence-electron chi connectivity index (χ2n) is 5.37. The molecule has 3 rings (SSSR count). The molecule has 1 heterocycles. The first-order valence-electron chi connectivity index (χ1n) is 7.19. The molecule has 116 valence electrons. The van der Waals surface area contributed by atoms with Gasteiger partial charge in [-0.2, -0.15) is 0 Å². The maximum atomic E-state index is 12.3. The normalized spacial score (nSPS) is 10.7. The molecule has 0 fully saturated rings. The van der Waals surface area contributed by atoms with E-state index >= 15 is 0 Å². The number of fused-ring (bicyclic) bond motifs is 1. The highest BCUT2D eigenvalue weighted by molar-refractivity contribution is 9.10. The second kappa shape index (κ2) is 6.38. The van der Waals surface area contributed by atoms with Crippen LogP contribution < -0.4 is 10.9 Å². The fourth-order valence-corrected chi connectivity index (χ4v) is 3.13. The number of carbonyl (C=O) groups excluding carboxylic acids is 1. The molecule has 0 saturated carbocycles. The van der Waals surface area contributed by atoms with Crippen LogP contribution in [0.1, 0.15) is 5.56 Å². The van der Waals surface area contributed by atoms with Gasteiger partial charge < -0.3 is 9.88 Å². The van der Waals surface area contributed by atoms with Crippen LogP contribution in [0.4, 0.5) is 5.69 Å². The summed E-state index contributed by atoms with van der Waals surface area (Å²) in [6.45, 7) is 1.85. The van der Waals surface area contributed by atoms with Crippen molar-refractivity contribution in [1.82, 2.24) is 4.57 Å². The molecule has 0 aliphatic heterocycles. The fraction of sp³-hybridized carbons (Fsp3) is 0.111. The number of halogens is 1. The van der Waals surface area contributed by atoms with Crippen LogP contribution in [-0.2, 0) is 11.3 Å². The zero-order valence-electron chi connectivity index (χ0n) is 12.5. The Labute approximate surface area is 141 Å². The van der Waals surface area contributed by atoms with E-state index in [1.165, 1.54) is 4.57 Å². The summed E-state index contributed by atoms with van der Waals surface area (Å²) in [6, 6.07) is 15.3. The molecule has 1 aromatic heterocycles. The zero-order chi connectivity index (χ0) is 16.4. The predicted octanol–water partition coefficient (Wildman–Crippen LogP) is 3.71. The van der Waals surface area contributed by atoms with Crippen LogP contribution in [0, 0.1) is 6.92 Å². The molecule has 1 amide bonds. The molecule has 0 atom stereocenters. The maximum absolute atomic E-state index is 12.3. The monoisotopic (exact) mass is 370 g/mol. The van der Waals surface area contributed by atoms with Crippen molar-refractivity contribution in [3.63, 3.8) is 0 Å². The van der Waals surface area contributed by atoms with Crippen molar-refractivity contribution < 1.29 is 4.79 Å². The molecule has 5 heteroatoms. The standard InChI is InChI=1S/C18H15BrN2O2/c1-12-9-15(19)18(23)21(10-12)11-17(22)20-16-8-4-6-13-5-2-3-7-14(13)16/h2-10H,11H2,1H3,(H,20,22). The van der Waals surface area contributed by atoms with Crippen LogP contribution in [0.3, 0.4) is 0 Å². The van der Waals surface area contributed by atoms with Crippen molar-refractivity contribution in [2.24, 2.45) is 0 Å². The first-order chi connectivity index (χ1) is 11.0. The van der Waals surface area contributed by atoms with E-state index in [1.54, 1.807) is 12.3 Å². The number of anilines is 1. The van der Waals surface area contributed by atoms with Gasteiger partial charge in [0.1, 0.15) is 6.54 Å². The second-order valence-corrected chi connectivity index (χ2v) is 6.23. The van der Waals surface area contributed by atoms with Crippen LogP contribution in [-0.4, -0.2) is 10.5 Å². The third-order valence-electron chi connectivity index (χ3n) is 3.56. The van der Waals surface area contributed by atoms with Gasteiger partial charge >= 0.3 is 0 Å². The van der Waals surface area contributed by atoms with Crippen molar-refractivity contribution >= 4 is 38.3 Å². The molecule has 4 nitrogen and oxygen atoms in total. The molecule has 0 radical (unpaired) electrons. The van der Waals surface area contributed by atoms with Gasteiger partial charge in [0, 0.05) is 17.3 Å². The van der Waals surface area contributed by atoms with Crippen LogP contribution in [0.25, 0.3) is 10.8 Å². The number of hydrogen-bond acceptors (Lipinski definition) is 2. The molecule has 0 aliphatic rings. The summed E-state index contributed by atoms with van der Waals surface area (Å²) in [6.07, 6.45) is 1.68. The number of nitrogens with one attached hydrogen (secondary N) is 1. The summed E-state index contributed by atoms with van der Waals surface area (Å²) in [7, 11) is 0. The minimum absolute atomic E-state index is 0.0255. The van der Waals surface area contributed by atoms with Gasteiger partial charge in [0.2, 0.25) is 5.91 Å². The van der Waals surface area contributed by atoms with Crippen molar-refractivity contribution in [1.29, 1.82) is 0 Å². The SMILES string of the molecule is Cc1cc(Br)c(=O)n(CC(=O)Nc2cccc3ccccc23)c1. The summed E-state index contributed by atoms with van der Waals surface area (Å²) < 4.78 is 1.86. The lowest BCUT2D eigenvalue weighted by atomic mass is 10.1. The third-order valence-corrected chi connectivity index (χ3v) is 4.12. The van der Waals surface area contributed by atoms with Crippen LogP contribution in [0.15, 0.2) is 64.0 Å². The Kier molecular flexibility index (Phi) is 4.30. The molecule has 2 aromatic carbocycles. The molecule has 3 aromatic rings. The highest BCUT2D eigenvalue weighted by atomic mass is 79.9. The first-order valence-corrected chi connectivity index (χ1v) is 7.98. The molecule has 1 N–H and O–H groups in total. The number of rotatable bonds is 3. The number of hydrogen-bond donors (Lipinski definition) is 1. The molecule has 0 bridgehead atoms. The summed E-state index contributed by atoms with van der Waals surface area (Å²) >= 11 is 3.22. The van der Waals surface area contributed by atoms with Gasteiger partial charge in [0.15, 0.2) is 0 Å². The van der Waals surface area contributed by atoms with E-state index in [-0.39, 0.29) is 18.0 Å². The number of carbonyl (C=O) groups is 1. The van der Waals surface area contributed by atoms with Gasteiger partial charge in [-0.3, -0.25) is 9.59 Å². The highest BCUT2D eigenvalue weighted by Gasteiger charge is 2.09. The van der Waals surface area contributed by atoms with Crippen LogP contribution in [0.2, 0.25) is 0 Å². The minimum Gasteiger partial charge on any atom is -0.324 e. The summed E-state index contributed by atoms with van der Waals surface area (Å²) in [5.41, 5.74) is 1.44. The quantitative estimate of drug-likeness (QED) is 0.763. The first kappa shape index (κ1) is 15.5. The minimum atomic E-state index is -0.235. The molecular formula is C18H15BrN2O2. The fourth-order valence-electron chi connectivity index (χ4n) is 2.54. The van der Waals surface area contributed by atoms with E-state index in [0.29, 0.717) is 4.47 Å².